The Kier molecular flexibility index (Phi) is 23.6. The molecule has 8 bridgehead atoms. The van der Waals surface area contributed by atoms with Crippen LogP contribution in [0.2, 0.25) is 0 Å². The van der Waals surface area contributed by atoms with Crippen molar-refractivity contribution in [2.45, 2.75) is 6.42 Å². The van der Waals surface area contributed by atoms with Crippen LogP contribution in [0.25, 0.3) is 46.4 Å². The molecular weight excluding hydrogens is 920 g/mol. The standard InChI is InChI=1S/C23H18N4.6FH2O3P/c1-2-3-15-10-22-13-20-7-6-18(25-20)11-16-4-5-17(24-16)12-19-8-9-21(26-19)14-23(15)27-22;6*1-5(2,3)4/h2,4-14,24,27H,1,3H2;6*(H2,2,3,4). The van der Waals surface area contributed by atoms with E-state index >= 15 is 0 Å². The highest BCUT2D eigenvalue weighted by atomic mass is 31.2. The molecule has 2 aliphatic heterocycles. The van der Waals surface area contributed by atoms with Crippen LogP contribution < -0.4 is 0 Å². The van der Waals surface area contributed by atoms with Crippen molar-refractivity contribution >= 4 is 93.8 Å². The Morgan fingerprint density at radius 2 is 0.737 bits per heavy atom. The van der Waals surface area contributed by atoms with E-state index in [1.54, 1.807) is 0 Å². The highest BCUT2D eigenvalue weighted by Crippen LogP contribution is 2.37. The van der Waals surface area contributed by atoms with Crippen molar-refractivity contribution in [1.82, 2.24) is 19.9 Å². The van der Waals surface area contributed by atoms with E-state index in [4.69, 9.17) is 96.1 Å². The van der Waals surface area contributed by atoms with Crippen molar-refractivity contribution in [2.75, 3.05) is 0 Å². The van der Waals surface area contributed by atoms with Crippen LogP contribution in [0.1, 0.15) is 28.3 Å². The predicted octanol–water partition coefficient (Wildman–Crippen LogP) is 5.68. The first-order valence-electron chi connectivity index (χ1n) is 13.4. The molecule has 0 aliphatic carbocycles. The number of hydrogen-bond acceptors (Lipinski definition) is 8. The fraction of sp³-hybridized carbons (Fsp3) is 0.0435. The normalized spacial score (nSPS) is 12.1. The van der Waals surface area contributed by atoms with Crippen LogP contribution in [0, 0.1) is 0 Å². The zero-order valence-electron chi connectivity index (χ0n) is 27.5. The summed E-state index contributed by atoms with van der Waals surface area (Å²) in [5, 5.41) is 0. The molecule has 0 aromatic carbocycles. The number of fused-ring (bicyclic) bond motifs is 8. The van der Waals surface area contributed by atoms with Gasteiger partial charge in [0.05, 0.1) is 22.8 Å². The molecule has 3 aromatic heterocycles. The van der Waals surface area contributed by atoms with Gasteiger partial charge in [-0.15, -0.1) is 31.8 Å². The van der Waals surface area contributed by atoms with Crippen LogP contribution in [-0.4, -0.2) is 78.7 Å². The lowest BCUT2D eigenvalue weighted by atomic mass is 10.2. The summed E-state index contributed by atoms with van der Waals surface area (Å²) in [7, 11) is -30.8. The molecule has 322 valence electrons. The molecule has 0 amide bonds. The van der Waals surface area contributed by atoms with Gasteiger partial charge in [0, 0.05) is 22.1 Å². The molecule has 0 atom stereocenters. The minimum Gasteiger partial charge on any atom is -0.355 e. The zero-order chi connectivity index (χ0) is 45.2. The Morgan fingerprint density at radius 3 is 1.02 bits per heavy atom. The molecular formula is C23H30F6N4O18P6. The van der Waals surface area contributed by atoms with E-state index in [0.717, 1.165) is 51.3 Å². The maximum absolute atomic E-state index is 10.4. The van der Waals surface area contributed by atoms with Gasteiger partial charge in [0.15, 0.2) is 0 Å². The topological polar surface area (TPSA) is 403 Å². The third-order valence-electron chi connectivity index (χ3n) is 4.62. The number of nitrogens with one attached hydrogen (secondary N) is 2. The minimum atomic E-state index is -5.14. The van der Waals surface area contributed by atoms with Crippen LogP contribution in [0.3, 0.4) is 0 Å². The van der Waals surface area contributed by atoms with Crippen molar-refractivity contribution < 1.29 is 111 Å². The lowest BCUT2D eigenvalue weighted by molar-refractivity contribution is 0.320. The number of hydrogen-bond donors (Lipinski definition) is 14. The van der Waals surface area contributed by atoms with E-state index in [1.807, 2.05) is 42.5 Å². The van der Waals surface area contributed by atoms with Gasteiger partial charge in [0.25, 0.3) is 0 Å². The highest BCUT2D eigenvalue weighted by Gasteiger charge is 2.08. The smallest absolute Gasteiger partial charge is 0.355 e. The van der Waals surface area contributed by atoms with Gasteiger partial charge in [-0.3, -0.25) is 58.7 Å². The lowest BCUT2D eigenvalue weighted by Crippen LogP contribution is -1.78. The molecule has 5 heterocycles. The van der Waals surface area contributed by atoms with Gasteiger partial charge < -0.3 is 9.97 Å². The van der Waals surface area contributed by atoms with Gasteiger partial charge in [-0.2, -0.15) is 0 Å². The van der Waals surface area contributed by atoms with Crippen molar-refractivity contribution in [2.24, 2.45) is 0 Å². The second-order valence-corrected chi connectivity index (χ2v) is 15.2. The predicted molar refractivity (Wildman–Crippen MR) is 192 cm³/mol. The minimum absolute atomic E-state index is 0.800. The lowest BCUT2D eigenvalue weighted by Gasteiger charge is -1.90. The van der Waals surface area contributed by atoms with Gasteiger partial charge >= 0.3 is 47.4 Å². The fourth-order valence-corrected chi connectivity index (χ4v) is 3.40. The first-order valence-corrected chi connectivity index (χ1v) is 22.5. The highest BCUT2D eigenvalue weighted by molar-refractivity contribution is 7.46. The number of H-pyrrole nitrogens is 2. The van der Waals surface area contributed by atoms with Gasteiger partial charge in [-0.05, 0) is 78.8 Å². The van der Waals surface area contributed by atoms with E-state index in [-0.39, 0.29) is 0 Å². The van der Waals surface area contributed by atoms with Crippen LogP contribution >= 0.6 is 47.4 Å². The number of halogens is 6. The molecule has 0 unspecified atom stereocenters. The summed E-state index contributed by atoms with van der Waals surface area (Å²) < 4.78 is 114. The average Bonchev–Trinajstić information content (AvgIpc) is 3.69. The molecule has 14 N–H and O–H groups in total. The molecule has 57 heavy (non-hydrogen) atoms. The first-order chi connectivity index (χ1) is 25.2. The molecule has 22 nitrogen and oxygen atoms in total. The SMILES string of the molecule is C=CCc1cc2cc3nc(cc4ccc(cc5nc(cc1[nH]2)C=C5)[nH]4)C=C3.O=P(O)(O)F.O=P(O)(O)F.O=P(O)(O)F.O=P(O)(O)F.O=P(O)(O)F.O=P(O)(O)F. The number of aromatic amines is 2. The van der Waals surface area contributed by atoms with Gasteiger partial charge in [0.2, 0.25) is 0 Å². The molecule has 2 aliphatic rings. The Labute approximate surface area is 314 Å². The van der Waals surface area contributed by atoms with Crippen molar-refractivity contribution in [3.63, 3.8) is 0 Å². The van der Waals surface area contributed by atoms with Crippen molar-refractivity contribution in [3.8, 4) is 0 Å². The van der Waals surface area contributed by atoms with E-state index in [2.05, 4.69) is 46.9 Å². The number of aromatic nitrogens is 4. The van der Waals surface area contributed by atoms with E-state index in [1.165, 1.54) is 5.56 Å². The Hall–Kier alpha value is -3.18. The Bertz CT molecular complexity index is 2100. The number of nitrogens with zero attached hydrogens (tertiary/aromatic N) is 2. The molecule has 0 saturated heterocycles. The van der Waals surface area contributed by atoms with Crippen molar-refractivity contribution in [3.05, 3.63) is 83.5 Å². The maximum Gasteiger partial charge on any atom is 0.507 e. The molecule has 0 fully saturated rings. The van der Waals surface area contributed by atoms with E-state index < -0.39 is 47.4 Å². The molecule has 0 saturated carbocycles. The summed E-state index contributed by atoms with van der Waals surface area (Å²) in [4.78, 5) is 99.9. The summed E-state index contributed by atoms with van der Waals surface area (Å²) in [5.41, 5.74) is 9.03. The summed E-state index contributed by atoms with van der Waals surface area (Å²) in [6, 6.07) is 14.5. The number of rotatable bonds is 2. The molecule has 34 heteroatoms. The van der Waals surface area contributed by atoms with Crippen LogP contribution in [0.5, 0.6) is 0 Å². The van der Waals surface area contributed by atoms with E-state index in [9.17, 15) is 25.2 Å². The van der Waals surface area contributed by atoms with Crippen LogP contribution in [0.15, 0.2) is 55.1 Å². The third-order valence-corrected chi connectivity index (χ3v) is 4.62. The van der Waals surface area contributed by atoms with Gasteiger partial charge in [0.1, 0.15) is 0 Å². The fourth-order valence-electron chi connectivity index (χ4n) is 3.40. The second kappa shape index (κ2) is 24.0. The quantitative estimate of drug-likeness (QED) is 0.0575. The largest absolute Gasteiger partial charge is 0.507 e. The Balaban J connectivity index is 0. The van der Waals surface area contributed by atoms with Crippen LogP contribution in [-0.2, 0) is 33.8 Å². The van der Waals surface area contributed by atoms with Crippen molar-refractivity contribution in [1.29, 1.82) is 0 Å². The third kappa shape index (κ3) is 45.4. The van der Waals surface area contributed by atoms with Crippen LogP contribution in [0.4, 0.5) is 25.2 Å². The molecule has 0 spiro atoms. The summed E-state index contributed by atoms with van der Waals surface area (Å²) in [6.45, 7) is 3.88. The first kappa shape index (κ1) is 55.9. The van der Waals surface area contributed by atoms with E-state index in [0.29, 0.717) is 0 Å². The van der Waals surface area contributed by atoms with Gasteiger partial charge in [-0.25, -0.2) is 37.4 Å². The Morgan fingerprint density at radius 1 is 0.474 bits per heavy atom. The maximum atomic E-state index is 10.4. The summed E-state index contributed by atoms with van der Waals surface area (Å²) in [5.74, 6) is 0. The molecule has 0 radical (unpaired) electrons. The summed E-state index contributed by atoms with van der Waals surface area (Å²) >= 11 is 0. The monoisotopic (exact) mass is 950 g/mol. The zero-order valence-corrected chi connectivity index (χ0v) is 32.9. The second-order valence-electron chi connectivity index (χ2n) is 9.53. The summed E-state index contributed by atoms with van der Waals surface area (Å²) in [6.07, 6.45) is 10.8. The molecule has 3 aromatic rings. The van der Waals surface area contributed by atoms with Gasteiger partial charge in [-0.1, -0.05) is 6.08 Å². The average molecular weight is 950 g/mol. The molecule has 5 rings (SSSR count). The number of allylic oxidation sites excluding steroid dienone is 1.